The molecule has 0 aliphatic carbocycles. The summed E-state index contributed by atoms with van der Waals surface area (Å²) in [6.07, 6.45) is -0.865. The van der Waals surface area contributed by atoms with Crippen LogP contribution >= 0.6 is 0 Å². The largest absolute Gasteiger partial charge is 0.491 e. The van der Waals surface area contributed by atoms with Crippen LogP contribution in [-0.4, -0.2) is 24.4 Å². The van der Waals surface area contributed by atoms with E-state index in [1.165, 1.54) is 12.1 Å². The van der Waals surface area contributed by atoms with Crippen LogP contribution < -0.4 is 15.2 Å². The van der Waals surface area contributed by atoms with Crippen LogP contribution in [0, 0.1) is 5.82 Å². The van der Waals surface area contributed by atoms with Crippen molar-refractivity contribution in [3.63, 3.8) is 0 Å². The van der Waals surface area contributed by atoms with Crippen molar-refractivity contribution in [1.82, 2.24) is 0 Å². The predicted molar refractivity (Wildman–Crippen MR) is 74.3 cm³/mol. The van der Waals surface area contributed by atoms with Gasteiger partial charge in [-0.25, -0.2) is 4.39 Å². The number of anilines is 1. The fraction of sp³-hybridized carbons (Fsp3) is 0.200. The Kier molecular flexibility index (Phi) is 4.79. The van der Waals surface area contributed by atoms with E-state index in [-0.39, 0.29) is 19.0 Å². The molecule has 4 nitrogen and oxygen atoms in total. The molecule has 0 bridgehead atoms. The maximum absolute atomic E-state index is 13.3. The minimum absolute atomic E-state index is 0.0396. The van der Waals surface area contributed by atoms with Gasteiger partial charge >= 0.3 is 0 Å². The first kappa shape index (κ1) is 14.1. The van der Waals surface area contributed by atoms with Gasteiger partial charge in [0, 0.05) is 11.8 Å². The SMILES string of the molecule is Nc1cccc(OCC(O)COc2ccccc2F)c1. The lowest BCUT2D eigenvalue weighted by atomic mass is 10.3. The number of ether oxygens (including phenoxy) is 2. The van der Waals surface area contributed by atoms with Gasteiger partial charge in [-0.15, -0.1) is 0 Å². The number of aliphatic hydroxyl groups is 1. The summed E-state index contributed by atoms with van der Waals surface area (Å²) in [4.78, 5) is 0. The van der Waals surface area contributed by atoms with E-state index in [9.17, 15) is 9.50 Å². The molecule has 1 unspecified atom stereocenters. The number of hydrogen-bond donors (Lipinski definition) is 2. The monoisotopic (exact) mass is 277 g/mol. The Morgan fingerprint density at radius 1 is 1.05 bits per heavy atom. The topological polar surface area (TPSA) is 64.7 Å². The smallest absolute Gasteiger partial charge is 0.165 e. The van der Waals surface area contributed by atoms with Crippen LogP contribution in [0.15, 0.2) is 48.5 Å². The first-order valence-electron chi connectivity index (χ1n) is 6.19. The van der Waals surface area contributed by atoms with Gasteiger partial charge in [0.25, 0.3) is 0 Å². The number of halogens is 1. The molecule has 0 saturated carbocycles. The Morgan fingerprint density at radius 2 is 1.80 bits per heavy atom. The summed E-state index contributed by atoms with van der Waals surface area (Å²) in [5.74, 6) is 0.210. The second-order valence-electron chi connectivity index (χ2n) is 4.28. The van der Waals surface area contributed by atoms with Gasteiger partial charge in [0.05, 0.1) is 0 Å². The molecule has 2 aromatic rings. The van der Waals surface area contributed by atoms with Crippen LogP contribution in [0.1, 0.15) is 0 Å². The highest BCUT2D eigenvalue weighted by Crippen LogP contribution is 2.16. The highest BCUT2D eigenvalue weighted by atomic mass is 19.1. The summed E-state index contributed by atoms with van der Waals surface area (Å²) in [6, 6.07) is 12.9. The molecule has 0 heterocycles. The molecule has 1 atom stereocenters. The lowest BCUT2D eigenvalue weighted by Crippen LogP contribution is -2.25. The first-order valence-corrected chi connectivity index (χ1v) is 6.19. The van der Waals surface area contributed by atoms with Gasteiger partial charge in [0.1, 0.15) is 25.1 Å². The third kappa shape index (κ3) is 4.13. The lowest BCUT2D eigenvalue weighted by molar-refractivity contribution is 0.0613. The van der Waals surface area contributed by atoms with Gasteiger partial charge in [0.2, 0.25) is 0 Å². The van der Waals surface area contributed by atoms with E-state index in [1.54, 1.807) is 36.4 Å². The fourth-order valence-corrected chi connectivity index (χ4v) is 1.59. The second-order valence-corrected chi connectivity index (χ2v) is 4.28. The molecule has 0 aliphatic heterocycles. The number of para-hydroxylation sites is 1. The third-order valence-electron chi connectivity index (χ3n) is 2.57. The van der Waals surface area contributed by atoms with Crippen LogP contribution in [0.2, 0.25) is 0 Å². The summed E-state index contributed by atoms with van der Waals surface area (Å²) in [7, 11) is 0. The van der Waals surface area contributed by atoms with Crippen molar-refractivity contribution in [2.75, 3.05) is 18.9 Å². The molecule has 0 amide bonds. The summed E-state index contributed by atoms with van der Waals surface area (Å²) in [5.41, 5.74) is 6.19. The average Bonchev–Trinajstić information content (AvgIpc) is 2.44. The summed E-state index contributed by atoms with van der Waals surface area (Å²) in [5, 5.41) is 9.73. The van der Waals surface area contributed by atoms with Gasteiger partial charge in [-0.05, 0) is 24.3 Å². The van der Waals surface area contributed by atoms with E-state index in [1.807, 2.05) is 0 Å². The molecule has 0 saturated heterocycles. The third-order valence-corrected chi connectivity index (χ3v) is 2.57. The van der Waals surface area contributed by atoms with E-state index in [0.717, 1.165) is 0 Å². The number of nitrogens with two attached hydrogens (primary N) is 1. The molecular weight excluding hydrogens is 261 g/mol. The van der Waals surface area contributed by atoms with Crippen molar-refractivity contribution in [3.8, 4) is 11.5 Å². The molecule has 2 aromatic carbocycles. The molecule has 3 N–H and O–H groups in total. The van der Waals surface area contributed by atoms with Gasteiger partial charge < -0.3 is 20.3 Å². The van der Waals surface area contributed by atoms with Crippen LogP contribution in [0.5, 0.6) is 11.5 Å². The van der Waals surface area contributed by atoms with E-state index >= 15 is 0 Å². The normalized spacial score (nSPS) is 11.9. The van der Waals surface area contributed by atoms with E-state index in [0.29, 0.717) is 11.4 Å². The van der Waals surface area contributed by atoms with Crippen LogP contribution in [0.4, 0.5) is 10.1 Å². The number of nitrogen functional groups attached to an aromatic ring is 1. The molecule has 0 aliphatic rings. The van der Waals surface area contributed by atoms with Gasteiger partial charge in [-0.1, -0.05) is 18.2 Å². The molecule has 5 heteroatoms. The minimum Gasteiger partial charge on any atom is -0.491 e. The van der Waals surface area contributed by atoms with Crippen molar-refractivity contribution in [3.05, 3.63) is 54.3 Å². The van der Waals surface area contributed by atoms with Gasteiger partial charge in [-0.3, -0.25) is 0 Å². The number of aliphatic hydroxyl groups excluding tert-OH is 1. The standard InChI is InChI=1S/C15H16FNO3/c16-14-6-1-2-7-15(14)20-10-12(18)9-19-13-5-3-4-11(17)8-13/h1-8,12,18H,9-10,17H2. The Labute approximate surface area is 116 Å². The lowest BCUT2D eigenvalue weighted by Gasteiger charge is -2.14. The van der Waals surface area contributed by atoms with Crippen molar-refractivity contribution in [1.29, 1.82) is 0 Å². The van der Waals surface area contributed by atoms with Crippen LogP contribution in [0.3, 0.4) is 0 Å². The molecule has 0 radical (unpaired) electrons. The highest BCUT2D eigenvalue weighted by Gasteiger charge is 2.08. The Balaban J connectivity index is 1.78. The fourth-order valence-electron chi connectivity index (χ4n) is 1.59. The maximum Gasteiger partial charge on any atom is 0.165 e. The number of hydrogen-bond acceptors (Lipinski definition) is 4. The average molecular weight is 277 g/mol. The summed E-state index contributed by atoms with van der Waals surface area (Å²) in [6.45, 7) is -0.0127. The minimum atomic E-state index is -0.865. The predicted octanol–water partition coefficient (Wildman–Crippen LogP) is 2.23. The number of rotatable bonds is 6. The zero-order valence-corrected chi connectivity index (χ0v) is 10.8. The Morgan fingerprint density at radius 3 is 2.55 bits per heavy atom. The van der Waals surface area contributed by atoms with Crippen molar-refractivity contribution >= 4 is 5.69 Å². The molecule has 0 fully saturated rings. The molecule has 0 spiro atoms. The van der Waals surface area contributed by atoms with Crippen molar-refractivity contribution in [2.24, 2.45) is 0 Å². The van der Waals surface area contributed by atoms with Crippen molar-refractivity contribution in [2.45, 2.75) is 6.10 Å². The second kappa shape index (κ2) is 6.77. The maximum atomic E-state index is 13.3. The molecule has 20 heavy (non-hydrogen) atoms. The van der Waals surface area contributed by atoms with Gasteiger partial charge in [0.15, 0.2) is 11.6 Å². The number of benzene rings is 2. The summed E-state index contributed by atoms with van der Waals surface area (Å²) < 4.78 is 23.8. The van der Waals surface area contributed by atoms with E-state index < -0.39 is 11.9 Å². The quantitative estimate of drug-likeness (QED) is 0.795. The Hall–Kier alpha value is -2.27. The first-order chi connectivity index (χ1) is 9.65. The zero-order valence-electron chi connectivity index (χ0n) is 10.8. The van der Waals surface area contributed by atoms with Crippen LogP contribution in [-0.2, 0) is 0 Å². The molecule has 106 valence electrons. The van der Waals surface area contributed by atoms with Gasteiger partial charge in [-0.2, -0.15) is 0 Å². The van der Waals surface area contributed by atoms with E-state index in [2.05, 4.69) is 0 Å². The van der Waals surface area contributed by atoms with Crippen LogP contribution in [0.25, 0.3) is 0 Å². The molecular formula is C15H16FNO3. The zero-order chi connectivity index (χ0) is 14.4. The highest BCUT2D eigenvalue weighted by molar-refractivity contribution is 5.43. The Bertz CT molecular complexity index is 562. The van der Waals surface area contributed by atoms with E-state index in [4.69, 9.17) is 15.2 Å². The summed E-state index contributed by atoms with van der Waals surface area (Å²) >= 11 is 0. The molecule has 0 aromatic heterocycles. The van der Waals surface area contributed by atoms with Crippen molar-refractivity contribution < 1.29 is 19.0 Å². The molecule has 2 rings (SSSR count).